The van der Waals surface area contributed by atoms with Crippen molar-refractivity contribution in [2.24, 2.45) is 0 Å². The van der Waals surface area contributed by atoms with E-state index in [0.29, 0.717) is 11.4 Å². The topological polar surface area (TPSA) is 50.3 Å². The standard InChI is InChI=1S/C17H15BrN2O2S2/c18-12-5-3-6-13(11-12)24(21,22)20-10-4-8-15(20)17-19-14-7-1-2-9-16(14)23-17/h1-3,5-7,9,11,15H,4,8,10H2/t15-/m0/s1. The minimum Gasteiger partial charge on any atom is -0.239 e. The quantitative estimate of drug-likeness (QED) is 0.620. The molecular formula is C17H15BrN2O2S2. The van der Waals surface area contributed by atoms with E-state index in [-0.39, 0.29) is 6.04 Å². The normalized spacial score (nSPS) is 19.1. The van der Waals surface area contributed by atoms with Crippen LogP contribution in [-0.2, 0) is 10.0 Å². The van der Waals surface area contributed by atoms with Crippen LogP contribution in [0.3, 0.4) is 0 Å². The lowest BCUT2D eigenvalue weighted by Crippen LogP contribution is -2.30. The Morgan fingerprint density at radius 3 is 2.79 bits per heavy atom. The zero-order chi connectivity index (χ0) is 16.7. The third-order valence-electron chi connectivity index (χ3n) is 4.20. The lowest BCUT2D eigenvalue weighted by molar-refractivity contribution is 0.396. The van der Waals surface area contributed by atoms with E-state index >= 15 is 0 Å². The first kappa shape index (κ1) is 16.2. The predicted octanol–water partition coefficient (Wildman–Crippen LogP) is 4.58. The molecule has 124 valence electrons. The van der Waals surface area contributed by atoms with Crippen LogP contribution in [0.2, 0.25) is 0 Å². The highest BCUT2D eigenvalue weighted by Gasteiger charge is 2.37. The van der Waals surface area contributed by atoms with Gasteiger partial charge in [0.05, 0.1) is 21.2 Å². The van der Waals surface area contributed by atoms with Crippen LogP contribution in [0, 0.1) is 0 Å². The molecular weight excluding hydrogens is 408 g/mol. The van der Waals surface area contributed by atoms with Gasteiger partial charge in [-0.1, -0.05) is 34.1 Å². The lowest BCUT2D eigenvalue weighted by Gasteiger charge is -2.22. The second-order valence-corrected chi connectivity index (χ2v) is 9.62. The van der Waals surface area contributed by atoms with Crippen molar-refractivity contribution in [2.75, 3.05) is 6.54 Å². The molecule has 0 amide bonds. The number of fused-ring (bicyclic) bond motifs is 1. The van der Waals surface area contributed by atoms with Gasteiger partial charge in [0.2, 0.25) is 10.0 Å². The molecule has 2 heterocycles. The van der Waals surface area contributed by atoms with Gasteiger partial charge in [0.15, 0.2) is 0 Å². The van der Waals surface area contributed by atoms with Gasteiger partial charge in [-0.2, -0.15) is 4.31 Å². The van der Waals surface area contributed by atoms with E-state index in [4.69, 9.17) is 0 Å². The molecule has 0 aliphatic carbocycles. The average molecular weight is 423 g/mol. The second-order valence-electron chi connectivity index (χ2n) is 5.75. The van der Waals surface area contributed by atoms with E-state index in [1.54, 1.807) is 33.8 Å². The molecule has 3 aromatic rings. The van der Waals surface area contributed by atoms with Crippen molar-refractivity contribution in [3.05, 3.63) is 58.0 Å². The van der Waals surface area contributed by atoms with Crippen LogP contribution in [0.25, 0.3) is 10.2 Å². The van der Waals surface area contributed by atoms with Crippen LogP contribution in [0.15, 0.2) is 57.9 Å². The Hall–Kier alpha value is -1.28. The zero-order valence-corrected chi connectivity index (χ0v) is 15.9. The van der Waals surface area contributed by atoms with Gasteiger partial charge in [-0.05, 0) is 43.2 Å². The first-order valence-corrected chi connectivity index (χ1v) is 10.7. The summed E-state index contributed by atoms with van der Waals surface area (Å²) in [5.74, 6) is 0. The summed E-state index contributed by atoms with van der Waals surface area (Å²) in [5, 5.41) is 0.882. The molecule has 0 radical (unpaired) electrons. The smallest absolute Gasteiger partial charge is 0.239 e. The molecule has 1 fully saturated rings. The molecule has 1 atom stereocenters. The number of hydrogen-bond acceptors (Lipinski definition) is 4. The summed E-state index contributed by atoms with van der Waals surface area (Å²) >= 11 is 4.94. The first-order valence-electron chi connectivity index (χ1n) is 7.68. The fourth-order valence-electron chi connectivity index (χ4n) is 3.07. The highest BCUT2D eigenvalue weighted by Crippen LogP contribution is 2.39. The Labute approximate surface area is 153 Å². The van der Waals surface area contributed by atoms with Crippen LogP contribution in [-0.4, -0.2) is 24.3 Å². The van der Waals surface area contributed by atoms with Gasteiger partial charge in [-0.25, -0.2) is 13.4 Å². The first-order chi connectivity index (χ1) is 11.6. The fourth-order valence-corrected chi connectivity index (χ4v) is 6.51. The third kappa shape index (κ3) is 2.79. The highest BCUT2D eigenvalue weighted by molar-refractivity contribution is 9.10. The Morgan fingerprint density at radius 2 is 2.00 bits per heavy atom. The average Bonchev–Trinajstić information content (AvgIpc) is 3.21. The molecule has 1 aliphatic heterocycles. The summed E-state index contributed by atoms with van der Waals surface area (Å²) in [6, 6.07) is 14.6. The third-order valence-corrected chi connectivity index (χ3v) is 7.74. The van der Waals surface area contributed by atoms with Crippen LogP contribution in [0.5, 0.6) is 0 Å². The molecule has 0 saturated carbocycles. The largest absolute Gasteiger partial charge is 0.243 e. The molecule has 1 saturated heterocycles. The molecule has 24 heavy (non-hydrogen) atoms. The minimum absolute atomic E-state index is 0.175. The highest BCUT2D eigenvalue weighted by atomic mass is 79.9. The molecule has 4 rings (SSSR count). The van der Waals surface area contributed by atoms with Crippen LogP contribution in [0.1, 0.15) is 23.9 Å². The summed E-state index contributed by atoms with van der Waals surface area (Å²) < 4.78 is 29.6. The van der Waals surface area contributed by atoms with Gasteiger partial charge in [0.25, 0.3) is 0 Å². The Kier molecular flexibility index (Phi) is 4.20. The van der Waals surface area contributed by atoms with E-state index in [1.807, 2.05) is 30.3 Å². The Balaban J connectivity index is 1.74. The molecule has 2 aromatic carbocycles. The molecule has 0 N–H and O–H groups in total. The second kappa shape index (κ2) is 6.22. The SMILES string of the molecule is O=S(=O)(c1cccc(Br)c1)N1CCC[C@H]1c1nc2ccccc2s1. The van der Waals surface area contributed by atoms with Gasteiger partial charge in [-0.15, -0.1) is 11.3 Å². The molecule has 1 aromatic heterocycles. The fraction of sp³-hybridized carbons (Fsp3) is 0.235. The number of benzene rings is 2. The van der Waals surface area contributed by atoms with Gasteiger partial charge < -0.3 is 0 Å². The van der Waals surface area contributed by atoms with E-state index in [0.717, 1.165) is 32.5 Å². The zero-order valence-electron chi connectivity index (χ0n) is 12.7. The number of rotatable bonds is 3. The molecule has 7 heteroatoms. The van der Waals surface area contributed by atoms with Crippen molar-refractivity contribution in [3.63, 3.8) is 0 Å². The van der Waals surface area contributed by atoms with Crippen molar-refractivity contribution in [1.29, 1.82) is 0 Å². The molecule has 4 nitrogen and oxygen atoms in total. The van der Waals surface area contributed by atoms with Crippen molar-refractivity contribution < 1.29 is 8.42 Å². The van der Waals surface area contributed by atoms with Crippen molar-refractivity contribution in [1.82, 2.24) is 9.29 Å². The maximum Gasteiger partial charge on any atom is 0.243 e. The van der Waals surface area contributed by atoms with Gasteiger partial charge in [-0.3, -0.25) is 0 Å². The maximum absolute atomic E-state index is 13.1. The van der Waals surface area contributed by atoms with Gasteiger partial charge in [0.1, 0.15) is 5.01 Å². The molecule has 0 bridgehead atoms. The summed E-state index contributed by atoms with van der Waals surface area (Å²) in [5.41, 5.74) is 0.934. The summed E-state index contributed by atoms with van der Waals surface area (Å²) in [4.78, 5) is 5.00. The van der Waals surface area contributed by atoms with Gasteiger partial charge >= 0.3 is 0 Å². The van der Waals surface area contributed by atoms with Crippen molar-refractivity contribution in [3.8, 4) is 0 Å². The predicted molar refractivity (Wildman–Crippen MR) is 99.6 cm³/mol. The van der Waals surface area contributed by atoms with E-state index in [1.165, 1.54) is 0 Å². The van der Waals surface area contributed by atoms with E-state index in [2.05, 4.69) is 20.9 Å². The van der Waals surface area contributed by atoms with Gasteiger partial charge in [0, 0.05) is 11.0 Å². The number of sulfonamides is 1. The van der Waals surface area contributed by atoms with Crippen LogP contribution in [0.4, 0.5) is 0 Å². The summed E-state index contributed by atoms with van der Waals surface area (Å²) in [7, 11) is -3.53. The summed E-state index contributed by atoms with van der Waals surface area (Å²) in [6.07, 6.45) is 1.67. The van der Waals surface area contributed by atoms with E-state index < -0.39 is 10.0 Å². The van der Waals surface area contributed by atoms with Crippen LogP contribution >= 0.6 is 27.3 Å². The number of hydrogen-bond donors (Lipinski definition) is 0. The molecule has 1 aliphatic rings. The Bertz CT molecular complexity index is 968. The number of para-hydroxylation sites is 1. The molecule has 0 unspecified atom stereocenters. The summed E-state index contributed by atoms with van der Waals surface area (Å²) in [6.45, 7) is 0.537. The van der Waals surface area contributed by atoms with Crippen molar-refractivity contribution >= 4 is 47.5 Å². The van der Waals surface area contributed by atoms with Crippen molar-refractivity contribution in [2.45, 2.75) is 23.8 Å². The number of aromatic nitrogens is 1. The molecule has 0 spiro atoms. The number of halogens is 1. The Morgan fingerprint density at radius 1 is 1.17 bits per heavy atom. The van der Waals surface area contributed by atoms with Crippen LogP contribution < -0.4 is 0 Å². The van der Waals surface area contributed by atoms with E-state index in [9.17, 15) is 8.42 Å². The minimum atomic E-state index is -3.53. The monoisotopic (exact) mass is 422 g/mol. The maximum atomic E-state index is 13.1. The number of thiazole rings is 1. The number of nitrogens with zero attached hydrogens (tertiary/aromatic N) is 2. The lowest BCUT2D eigenvalue weighted by atomic mass is 10.2.